The first-order valence-corrected chi connectivity index (χ1v) is 11.7. The molecular weight excluding hydrogens is 458 g/mol. The fourth-order valence-corrected chi connectivity index (χ4v) is 4.12. The highest BCUT2D eigenvalue weighted by Crippen LogP contribution is 2.25. The van der Waals surface area contributed by atoms with Crippen LogP contribution >= 0.6 is 0 Å². The third-order valence-electron chi connectivity index (χ3n) is 4.75. The van der Waals surface area contributed by atoms with E-state index in [4.69, 9.17) is 14.6 Å². The van der Waals surface area contributed by atoms with Crippen LogP contribution in [0.15, 0.2) is 70.1 Å². The Balaban J connectivity index is 1.53. The van der Waals surface area contributed by atoms with Gasteiger partial charge in [0.2, 0.25) is 11.5 Å². The first-order chi connectivity index (χ1) is 16.3. The second kappa shape index (κ2) is 9.32. The standard InChI is InChI=1S/C23H21N5O5S/c1-3-32-19-6-4-5-15-13-18(21(24)33-20(15)19)22(29)27-16-7-9-17(10-8-16)34(30,31)28-23-25-12-11-14(2)26-23/h4-13,24H,3H2,1-2H3,(H,27,29)(H,25,26,28). The highest BCUT2D eigenvalue weighted by Gasteiger charge is 2.17. The van der Waals surface area contributed by atoms with Gasteiger partial charge in [0.1, 0.15) is 5.56 Å². The van der Waals surface area contributed by atoms with E-state index >= 15 is 0 Å². The number of sulfonamides is 1. The van der Waals surface area contributed by atoms with E-state index in [0.29, 0.717) is 34.7 Å². The molecule has 0 bridgehead atoms. The molecule has 174 valence electrons. The van der Waals surface area contributed by atoms with Gasteiger partial charge in [-0.2, -0.15) is 0 Å². The van der Waals surface area contributed by atoms with Crippen LogP contribution in [0.25, 0.3) is 11.0 Å². The molecule has 4 aromatic rings. The maximum Gasteiger partial charge on any atom is 0.264 e. The average molecular weight is 480 g/mol. The summed E-state index contributed by atoms with van der Waals surface area (Å²) in [5.74, 6) is -0.116. The molecule has 1 amide bonds. The number of fused-ring (bicyclic) bond motifs is 1. The number of rotatable bonds is 7. The second-order valence-electron chi connectivity index (χ2n) is 7.20. The number of aryl methyl sites for hydroxylation is 1. The van der Waals surface area contributed by atoms with Gasteiger partial charge < -0.3 is 14.5 Å². The van der Waals surface area contributed by atoms with Gasteiger partial charge in [-0.3, -0.25) is 10.2 Å². The van der Waals surface area contributed by atoms with Crippen LogP contribution in [-0.4, -0.2) is 30.9 Å². The zero-order valence-corrected chi connectivity index (χ0v) is 19.1. The Labute approximate surface area is 195 Å². The number of hydrogen-bond acceptors (Lipinski definition) is 8. The maximum atomic E-state index is 12.8. The lowest BCUT2D eigenvalue weighted by Gasteiger charge is -2.10. The van der Waals surface area contributed by atoms with Gasteiger partial charge in [0.15, 0.2) is 11.3 Å². The van der Waals surface area contributed by atoms with Crippen molar-refractivity contribution < 1.29 is 22.4 Å². The number of carbonyl (C=O) groups excluding carboxylic acids is 1. The number of hydrogen-bond donors (Lipinski definition) is 3. The van der Waals surface area contributed by atoms with Crippen LogP contribution < -0.4 is 20.3 Å². The Hall–Kier alpha value is -4.25. The third-order valence-corrected chi connectivity index (χ3v) is 6.09. The van der Waals surface area contributed by atoms with Crippen molar-refractivity contribution >= 4 is 38.5 Å². The van der Waals surface area contributed by atoms with Crippen LogP contribution in [0.1, 0.15) is 23.0 Å². The number of para-hydroxylation sites is 1. The molecule has 4 rings (SSSR count). The molecule has 0 fully saturated rings. The minimum Gasteiger partial charge on any atom is -0.490 e. The lowest BCUT2D eigenvalue weighted by atomic mass is 10.1. The van der Waals surface area contributed by atoms with E-state index < -0.39 is 15.9 Å². The van der Waals surface area contributed by atoms with Gasteiger partial charge in [0.05, 0.1) is 11.5 Å². The Morgan fingerprint density at radius 1 is 1.15 bits per heavy atom. The molecule has 0 atom stereocenters. The zero-order chi connectivity index (χ0) is 24.3. The molecule has 0 aliphatic heterocycles. The van der Waals surface area contributed by atoms with Crippen LogP contribution in [0.4, 0.5) is 11.6 Å². The average Bonchev–Trinajstić information content (AvgIpc) is 2.79. The van der Waals surface area contributed by atoms with E-state index in [1.807, 2.05) is 6.92 Å². The molecule has 2 heterocycles. The van der Waals surface area contributed by atoms with Crippen molar-refractivity contribution in [1.82, 2.24) is 9.97 Å². The summed E-state index contributed by atoms with van der Waals surface area (Å²) in [4.78, 5) is 20.7. The van der Waals surface area contributed by atoms with Gasteiger partial charge >= 0.3 is 0 Å². The monoisotopic (exact) mass is 479 g/mol. The fraction of sp³-hybridized carbons (Fsp3) is 0.130. The lowest BCUT2D eigenvalue weighted by Crippen LogP contribution is -2.21. The Kier molecular flexibility index (Phi) is 6.28. The first-order valence-electron chi connectivity index (χ1n) is 10.2. The smallest absolute Gasteiger partial charge is 0.264 e. The molecule has 10 nitrogen and oxygen atoms in total. The summed E-state index contributed by atoms with van der Waals surface area (Å²) in [6.07, 6.45) is 1.45. The molecule has 2 aromatic heterocycles. The number of carbonyl (C=O) groups is 1. The predicted octanol–water partition coefficient (Wildman–Crippen LogP) is 3.46. The van der Waals surface area contributed by atoms with Gasteiger partial charge in [-0.05, 0) is 56.3 Å². The van der Waals surface area contributed by atoms with Crippen molar-refractivity contribution in [2.75, 3.05) is 16.6 Å². The highest BCUT2D eigenvalue weighted by atomic mass is 32.2. The second-order valence-corrected chi connectivity index (χ2v) is 8.88. The lowest BCUT2D eigenvalue weighted by molar-refractivity contribution is 0.102. The number of ether oxygens (including phenoxy) is 1. The van der Waals surface area contributed by atoms with E-state index in [-0.39, 0.29) is 22.0 Å². The third kappa shape index (κ3) is 4.89. The van der Waals surface area contributed by atoms with E-state index in [2.05, 4.69) is 20.0 Å². The van der Waals surface area contributed by atoms with Crippen molar-refractivity contribution in [3.8, 4) is 5.75 Å². The number of amides is 1. The molecule has 3 N–H and O–H groups in total. The van der Waals surface area contributed by atoms with Crippen molar-refractivity contribution in [2.24, 2.45) is 0 Å². The molecule has 34 heavy (non-hydrogen) atoms. The fourth-order valence-electron chi connectivity index (χ4n) is 3.16. The van der Waals surface area contributed by atoms with Crippen LogP contribution in [0, 0.1) is 12.3 Å². The van der Waals surface area contributed by atoms with Gasteiger partial charge in [0.25, 0.3) is 15.9 Å². The zero-order valence-electron chi connectivity index (χ0n) is 18.3. The largest absolute Gasteiger partial charge is 0.490 e. The molecule has 0 aliphatic carbocycles. The minimum atomic E-state index is -3.91. The van der Waals surface area contributed by atoms with Crippen molar-refractivity contribution in [3.63, 3.8) is 0 Å². The maximum absolute atomic E-state index is 12.8. The minimum absolute atomic E-state index is 0.0242. The summed E-state index contributed by atoms with van der Waals surface area (Å²) in [6.45, 7) is 3.99. The topological polar surface area (TPSA) is 147 Å². The Bertz CT molecular complexity index is 1530. The number of aromatic nitrogens is 2. The summed E-state index contributed by atoms with van der Waals surface area (Å²) < 4.78 is 38.5. The molecule has 0 aliphatic rings. The molecule has 0 saturated heterocycles. The number of nitrogens with one attached hydrogen (secondary N) is 3. The van der Waals surface area contributed by atoms with Gasteiger partial charge in [0, 0.05) is 23.0 Å². The van der Waals surface area contributed by atoms with Crippen molar-refractivity contribution in [1.29, 1.82) is 5.41 Å². The number of nitrogens with zero attached hydrogens (tertiary/aromatic N) is 2. The summed E-state index contributed by atoms with van der Waals surface area (Å²) >= 11 is 0. The normalized spacial score (nSPS) is 11.2. The van der Waals surface area contributed by atoms with Crippen LogP contribution in [-0.2, 0) is 10.0 Å². The summed E-state index contributed by atoms with van der Waals surface area (Å²) in [6, 6.07) is 14.0. The predicted molar refractivity (Wildman–Crippen MR) is 125 cm³/mol. The van der Waals surface area contributed by atoms with E-state index in [9.17, 15) is 13.2 Å². The summed E-state index contributed by atoms with van der Waals surface area (Å²) in [5.41, 5.74) is 1.05. The number of benzene rings is 2. The van der Waals surface area contributed by atoms with E-state index in [1.54, 1.807) is 37.3 Å². The van der Waals surface area contributed by atoms with Crippen LogP contribution in [0.5, 0.6) is 5.75 Å². The molecule has 0 spiro atoms. The Morgan fingerprint density at radius 3 is 2.62 bits per heavy atom. The van der Waals surface area contributed by atoms with E-state index in [1.165, 1.54) is 30.5 Å². The molecule has 0 unspecified atom stereocenters. The first kappa shape index (κ1) is 22.9. The Morgan fingerprint density at radius 2 is 1.91 bits per heavy atom. The number of anilines is 2. The van der Waals surface area contributed by atoms with Gasteiger partial charge in [-0.15, -0.1) is 0 Å². The molecule has 0 radical (unpaired) electrons. The highest BCUT2D eigenvalue weighted by molar-refractivity contribution is 7.92. The van der Waals surface area contributed by atoms with Crippen molar-refractivity contribution in [3.05, 3.63) is 77.6 Å². The van der Waals surface area contributed by atoms with Gasteiger partial charge in [-0.1, -0.05) is 12.1 Å². The molecular formula is C23H21N5O5S. The molecule has 11 heteroatoms. The van der Waals surface area contributed by atoms with E-state index in [0.717, 1.165) is 0 Å². The SMILES string of the molecule is CCOc1cccc2cc(C(=O)Nc3ccc(S(=O)(=O)Nc4nccc(C)n4)cc3)c(=N)oc12. The molecule has 0 saturated carbocycles. The van der Waals surface area contributed by atoms with Crippen LogP contribution in [0.2, 0.25) is 0 Å². The van der Waals surface area contributed by atoms with Crippen molar-refractivity contribution in [2.45, 2.75) is 18.7 Å². The van der Waals surface area contributed by atoms with Gasteiger partial charge in [-0.25, -0.2) is 23.1 Å². The van der Waals surface area contributed by atoms with Crippen LogP contribution in [0.3, 0.4) is 0 Å². The summed E-state index contributed by atoms with van der Waals surface area (Å²) in [5, 5.41) is 11.4. The molecule has 2 aromatic carbocycles. The quantitative estimate of drug-likeness (QED) is 0.368. The summed E-state index contributed by atoms with van der Waals surface area (Å²) in [7, 11) is -3.91.